The standard InChI is InChI=1S/C23H25NO6/c1-12-17(29-21(27)28-12)11-24(3)9-8-23-14-5-7-18(26)22(23,2)30-20-16(25)6-4-13(19(20)23)10-15(14)24/h4,6,14-15H,5,7-11H2,1-3H3/p+1/t14-,15?,22-,23-,24?/m0/s1. The second-order valence-electron chi connectivity index (χ2n) is 9.94. The Kier molecular flexibility index (Phi) is 3.27. The van der Waals surface area contributed by atoms with E-state index in [1.807, 2.05) is 13.0 Å². The second kappa shape index (κ2) is 5.38. The van der Waals surface area contributed by atoms with Gasteiger partial charge in [-0.3, -0.25) is 4.79 Å². The lowest BCUT2D eigenvalue weighted by Crippen LogP contribution is -2.74. The molecule has 4 aliphatic rings. The third-order valence-electron chi connectivity index (χ3n) is 8.73. The summed E-state index contributed by atoms with van der Waals surface area (Å²) < 4.78 is 17.5. The Morgan fingerprint density at radius 2 is 2.07 bits per heavy atom. The Morgan fingerprint density at radius 3 is 2.80 bits per heavy atom. The largest absolute Gasteiger partial charge is 0.519 e. The van der Waals surface area contributed by atoms with Gasteiger partial charge in [-0.05, 0) is 31.9 Å². The molecular formula is C23H26NO6+. The molecule has 2 aromatic rings. The first-order valence-corrected chi connectivity index (χ1v) is 10.7. The van der Waals surface area contributed by atoms with Gasteiger partial charge in [0.15, 0.2) is 28.6 Å². The van der Waals surface area contributed by atoms with Crippen LogP contribution in [0, 0.1) is 12.8 Å². The fraction of sp³-hybridized carbons (Fsp3) is 0.565. The number of likely N-dealkylation sites (N-methyl/N-ethyl adjacent to an activating group) is 1. The van der Waals surface area contributed by atoms with Crippen LogP contribution >= 0.6 is 0 Å². The molecule has 30 heavy (non-hydrogen) atoms. The summed E-state index contributed by atoms with van der Waals surface area (Å²) >= 11 is 0. The lowest BCUT2D eigenvalue weighted by atomic mass is 9.47. The number of aryl methyl sites for hydroxylation is 1. The van der Waals surface area contributed by atoms with Gasteiger partial charge in [0.05, 0.1) is 25.0 Å². The van der Waals surface area contributed by atoms with Gasteiger partial charge in [-0.25, -0.2) is 4.79 Å². The van der Waals surface area contributed by atoms with Gasteiger partial charge in [0.1, 0.15) is 6.54 Å². The van der Waals surface area contributed by atoms with Crippen LogP contribution in [0.1, 0.15) is 48.8 Å². The number of phenolic OH excluding ortho intramolecular Hbond substituents is 1. The van der Waals surface area contributed by atoms with Crippen LogP contribution in [0.15, 0.2) is 25.8 Å². The van der Waals surface area contributed by atoms with Gasteiger partial charge < -0.3 is 23.2 Å². The van der Waals surface area contributed by atoms with E-state index in [-0.39, 0.29) is 23.5 Å². The number of aromatic hydroxyl groups is 1. The molecule has 2 aliphatic carbocycles. The quantitative estimate of drug-likeness (QED) is 0.763. The van der Waals surface area contributed by atoms with Crippen LogP contribution in [0.2, 0.25) is 0 Å². The number of ether oxygens (including phenoxy) is 1. The van der Waals surface area contributed by atoms with Crippen molar-refractivity contribution >= 4 is 5.78 Å². The van der Waals surface area contributed by atoms with Gasteiger partial charge in [-0.1, -0.05) is 6.07 Å². The summed E-state index contributed by atoms with van der Waals surface area (Å²) in [6.07, 6.45) is 2.94. The molecule has 2 bridgehead atoms. The monoisotopic (exact) mass is 412 g/mol. The van der Waals surface area contributed by atoms with Crippen molar-refractivity contribution in [2.75, 3.05) is 13.6 Å². The van der Waals surface area contributed by atoms with Crippen molar-refractivity contribution in [2.24, 2.45) is 5.92 Å². The normalized spacial score (nSPS) is 38.3. The highest BCUT2D eigenvalue weighted by Gasteiger charge is 2.74. The van der Waals surface area contributed by atoms with Gasteiger partial charge in [0, 0.05) is 30.7 Å². The van der Waals surface area contributed by atoms with Crippen LogP contribution < -0.4 is 10.6 Å². The molecule has 158 valence electrons. The number of likely N-dealkylation sites (tertiary alicyclic amines) is 1. The van der Waals surface area contributed by atoms with Gasteiger partial charge in [0.25, 0.3) is 0 Å². The molecule has 6 rings (SSSR count). The number of quaternary nitrogens is 1. The number of hydrogen-bond acceptors (Lipinski definition) is 6. The Morgan fingerprint density at radius 1 is 1.27 bits per heavy atom. The topological polar surface area (TPSA) is 89.9 Å². The molecule has 1 spiro atoms. The molecule has 3 heterocycles. The zero-order valence-corrected chi connectivity index (χ0v) is 17.5. The van der Waals surface area contributed by atoms with E-state index >= 15 is 0 Å². The van der Waals surface area contributed by atoms with Crippen molar-refractivity contribution in [1.82, 2.24) is 0 Å². The Labute approximate surface area is 173 Å². The Bertz CT molecular complexity index is 1160. The fourth-order valence-corrected chi connectivity index (χ4v) is 7.26. The zero-order valence-electron chi connectivity index (χ0n) is 17.5. The van der Waals surface area contributed by atoms with Crippen molar-refractivity contribution in [3.05, 3.63) is 45.4 Å². The van der Waals surface area contributed by atoms with Crippen LogP contribution in [0.3, 0.4) is 0 Å². The molecule has 1 saturated heterocycles. The highest BCUT2D eigenvalue weighted by Crippen LogP contribution is 2.67. The molecule has 0 radical (unpaired) electrons. The summed E-state index contributed by atoms with van der Waals surface area (Å²) in [5, 5.41) is 10.5. The summed E-state index contributed by atoms with van der Waals surface area (Å²) in [5.41, 5.74) is 0.889. The Hall–Kier alpha value is -2.54. The lowest BCUT2D eigenvalue weighted by molar-refractivity contribution is -0.958. The third kappa shape index (κ3) is 1.90. The molecule has 7 nitrogen and oxygen atoms in total. The predicted octanol–water partition coefficient (Wildman–Crippen LogP) is 2.59. The summed E-state index contributed by atoms with van der Waals surface area (Å²) in [6, 6.07) is 3.94. The number of carbonyl (C=O) groups excluding carboxylic acids is 1. The van der Waals surface area contributed by atoms with Crippen LogP contribution in [0.5, 0.6) is 11.5 Å². The summed E-state index contributed by atoms with van der Waals surface area (Å²) in [4.78, 5) is 24.8. The minimum atomic E-state index is -0.937. The van der Waals surface area contributed by atoms with Gasteiger partial charge in [-0.15, -0.1) is 0 Å². The van der Waals surface area contributed by atoms with Crippen molar-refractivity contribution in [2.45, 2.75) is 63.1 Å². The molecule has 5 atom stereocenters. The molecule has 7 heteroatoms. The van der Waals surface area contributed by atoms with Crippen LogP contribution in [-0.4, -0.2) is 40.6 Å². The molecular weight excluding hydrogens is 386 g/mol. The highest BCUT2D eigenvalue weighted by molar-refractivity contribution is 5.93. The average molecular weight is 412 g/mol. The number of piperidine rings is 1. The van der Waals surface area contributed by atoms with E-state index in [1.165, 1.54) is 0 Å². The zero-order chi connectivity index (χ0) is 21.1. The van der Waals surface area contributed by atoms with E-state index in [4.69, 9.17) is 13.6 Å². The number of carbonyl (C=O) groups is 1. The van der Waals surface area contributed by atoms with E-state index in [1.54, 1.807) is 13.0 Å². The van der Waals surface area contributed by atoms with E-state index in [2.05, 4.69) is 7.05 Å². The minimum Gasteiger partial charge on any atom is -0.504 e. The Balaban J connectivity index is 1.53. The van der Waals surface area contributed by atoms with E-state index in [0.29, 0.717) is 30.2 Å². The first-order valence-electron chi connectivity index (χ1n) is 10.7. The molecule has 0 amide bonds. The SMILES string of the molecule is Cc1oc(=O)oc1C[N+]1(C)CC[C@]23c4c5ccc(O)c4O[C@@]2(C)C(=O)CC[C@H]3C1C5. The van der Waals surface area contributed by atoms with Crippen molar-refractivity contribution < 1.29 is 28.0 Å². The lowest BCUT2D eigenvalue weighted by Gasteiger charge is -2.62. The molecule has 2 unspecified atom stereocenters. The average Bonchev–Trinajstić information content (AvgIpc) is 3.16. The number of hydrogen-bond donors (Lipinski definition) is 1. The minimum absolute atomic E-state index is 0.127. The van der Waals surface area contributed by atoms with E-state index in [9.17, 15) is 14.7 Å². The smallest absolute Gasteiger partial charge is 0.504 e. The summed E-state index contributed by atoms with van der Waals surface area (Å²) in [7, 11) is 2.22. The van der Waals surface area contributed by atoms with Gasteiger partial charge in [0.2, 0.25) is 5.76 Å². The van der Waals surface area contributed by atoms with E-state index < -0.39 is 16.8 Å². The molecule has 2 aliphatic heterocycles. The van der Waals surface area contributed by atoms with Crippen LogP contribution in [0.25, 0.3) is 0 Å². The van der Waals surface area contributed by atoms with Crippen molar-refractivity contribution in [1.29, 1.82) is 0 Å². The number of nitrogens with zero attached hydrogens (tertiary/aromatic N) is 1. The fourth-order valence-electron chi connectivity index (χ4n) is 7.26. The molecule has 1 aromatic heterocycles. The number of phenols is 1. The molecule has 1 N–H and O–H groups in total. The van der Waals surface area contributed by atoms with Gasteiger partial charge in [-0.2, -0.15) is 0 Å². The number of rotatable bonds is 2. The van der Waals surface area contributed by atoms with Gasteiger partial charge >= 0.3 is 5.82 Å². The molecule has 2 fully saturated rings. The molecule has 1 saturated carbocycles. The second-order valence-corrected chi connectivity index (χ2v) is 9.94. The van der Waals surface area contributed by atoms with Crippen LogP contribution in [-0.2, 0) is 23.2 Å². The molecule has 1 aromatic carbocycles. The maximum atomic E-state index is 13.2. The highest BCUT2D eigenvalue weighted by atomic mass is 16.6. The summed E-state index contributed by atoms with van der Waals surface area (Å²) in [5.74, 6) is 1.52. The number of ketones is 1. The number of benzene rings is 1. The first kappa shape index (κ1) is 18.2. The van der Waals surface area contributed by atoms with Crippen molar-refractivity contribution in [3.8, 4) is 11.5 Å². The van der Waals surface area contributed by atoms with Crippen LogP contribution in [0.4, 0.5) is 0 Å². The number of Topliss-reactive ketones (excluding diaryl/α,β-unsaturated/α-hetero) is 1. The first-order chi connectivity index (χ1) is 14.2. The maximum absolute atomic E-state index is 13.2. The third-order valence-corrected chi connectivity index (χ3v) is 8.73. The predicted molar refractivity (Wildman–Crippen MR) is 105 cm³/mol. The summed E-state index contributed by atoms with van der Waals surface area (Å²) in [6.45, 7) is 5.11. The van der Waals surface area contributed by atoms with E-state index in [0.717, 1.165) is 41.4 Å². The van der Waals surface area contributed by atoms with Crippen molar-refractivity contribution in [3.63, 3.8) is 0 Å². The maximum Gasteiger partial charge on any atom is 0.519 e.